The molecule has 73 heavy (non-hydrogen) atoms. The summed E-state index contributed by atoms with van der Waals surface area (Å²) in [5.41, 5.74) is 16.4. The van der Waals surface area contributed by atoms with Crippen molar-refractivity contribution < 1.29 is 9.47 Å². The van der Waals surface area contributed by atoms with Gasteiger partial charge in [-0.15, -0.1) is 0 Å². The van der Waals surface area contributed by atoms with Crippen LogP contribution in [-0.4, -0.2) is 6.71 Å². The third kappa shape index (κ3) is 7.32. The Morgan fingerprint density at radius 1 is 0.247 bits per heavy atom. The number of hydrogen-bond donors (Lipinski definition) is 0. The van der Waals surface area contributed by atoms with Gasteiger partial charge in [0.05, 0.1) is 0 Å². The molecule has 2 heterocycles. The number of para-hydroxylation sites is 4. The van der Waals surface area contributed by atoms with E-state index in [0.29, 0.717) is 0 Å². The first-order valence-corrected chi connectivity index (χ1v) is 24.9. The van der Waals surface area contributed by atoms with E-state index in [1.807, 2.05) is 0 Å². The quantitative estimate of drug-likeness (QED) is 0.106. The molecule has 2 aliphatic rings. The smallest absolute Gasteiger partial charge is 0.260 e. The maximum absolute atomic E-state index is 7.21. The van der Waals surface area contributed by atoms with Crippen LogP contribution in [0.3, 0.4) is 0 Å². The van der Waals surface area contributed by atoms with Crippen LogP contribution in [0.25, 0.3) is 54.9 Å². The summed E-state index contributed by atoms with van der Waals surface area (Å²) in [5, 5.41) is 4.89. The fourth-order valence-electron chi connectivity index (χ4n) is 11.3. The van der Waals surface area contributed by atoms with Crippen LogP contribution in [0.2, 0.25) is 0 Å². The summed E-state index contributed by atoms with van der Waals surface area (Å²) in [4.78, 5) is 4.58. The van der Waals surface area contributed by atoms with E-state index in [4.69, 9.17) is 9.47 Å². The summed E-state index contributed by atoms with van der Waals surface area (Å²) < 4.78 is 14.4. The van der Waals surface area contributed by atoms with E-state index < -0.39 is 0 Å². The zero-order valence-electron chi connectivity index (χ0n) is 39.8. The molecule has 5 heteroatoms. The van der Waals surface area contributed by atoms with Gasteiger partial charge in [-0.2, -0.15) is 0 Å². The molecule has 0 radical (unpaired) electrons. The molecule has 0 unspecified atom stereocenters. The molecule has 0 saturated carbocycles. The molecule has 12 aromatic rings. The van der Waals surface area contributed by atoms with E-state index in [-0.39, 0.29) is 6.71 Å². The maximum Gasteiger partial charge on any atom is 0.260 e. The van der Waals surface area contributed by atoms with Crippen molar-refractivity contribution in [3.05, 3.63) is 273 Å². The summed E-state index contributed by atoms with van der Waals surface area (Å²) in [6.45, 7) is -0.148. The largest absolute Gasteiger partial charge is 0.458 e. The van der Waals surface area contributed by atoms with Crippen molar-refractivity contribution in [2.24, 2.45) is 0 Å². The van der Waals surface area contributed by atoms with Gasteiger partial charge in [0.2, 0.25) is 0 Å². The van der Waals surface area contributed by atoms with Crippen molar-refractivity contribution in [1.29, 1.82) is 0 Å². The predicted octanol–water partition coefficient (Wildman–Crippen LogP) is 16.7. The molecule has 0 N–H and O–H groups in total. The minimum Gasteiger partial charge on any atom is -0.458 e. The Morgan fingerprint density at radius 3 is 1.03 bits per heavy atom. The molecule has 0 amide bonds. The molecule has 0 atom stereocenters. The van der Waals surface area contributed by atoms with E-state index in [9.17, 15) is 0 Å². The van der Waals surface area contributed by atoms with Gasteiger partial charge in [-0.05, 0) is 145 Å². The molecule has 0 bridgehead atoms. The fraction of sp³-hybridized carbons (Fsp3) is 0. The Morgan fingerprint density at radius 2 is 0.603 bits per heavy atom. The fourth-order valence-corrected chi connectivity index (χ4v) is 11.3. The molecule has 342 valence electrons. The van der Waals surface area contributed by atoms with E-state index in [1.54, 1.807) is 0 Å². The van der Waals surface area contributed by atoms with Gasteiger partial charge in [0.1, 0.15) is 23.0 Å². The molecule has 4 nitrogen and oxygen atoms in total. The summed E-state index contributed by atoms with van der Waals surface area (Å²) in [6, 6.07) is 97.4. The van der Waals surface area contributed by atoms with E-state index in [0.717, 1.165) is 90.2 Å². The summed E-state index contributed by atoms with van der Waals surface area (Å²) >= 11 is 0. The second-order valence-electron chi connectivity index (χ2n) is 18.8. The van der Waals surface area contributed by atoms with Crippen molar-refractivity contribution in [2.45, 2.75) is 0 Å². The molecule has 12 aromatic carbocycles. The lowest BCUT2D eigenvalue weighted by Gasteiger charge is -2.35. The van der Waals surface area contributed by atoms with Gasteiger partial charge in [-0.25, -0.2) is 0 Å². The highest BCUT2D eigenvalue weighted by atomic mass is 16.5. The van der Waals surface area contributed by atoms with Crippen molar-refractivity contribution in [3.63, 3.8) is 0 Å². The highest BCUT2D eigenvalue weighted by Crippen LogP contribution is 2.47. The third-order valence-corrected chi connectivity index (χ3v) is 14.5. The number of fused-ring (bicyclic) bond motifs is 6. The van der Waals surface area contributed by atoms with Crippen LogP contribution in [0, 0.1) is 0 Å². The lowest BCUT2D eigenvalue weighted by Crippen LogP contribution is -2.57. The van der Waals surface area contributed by atoms with Crippen LogP contribution in [0.1, 0.15) is 0 Å². The Bertz CT molecular complexity index is 3740. The molecule has 14 rings (SSSR count). The Kier molecular flexibility index (Phi) is 10.2. The standard InChI is InChI=1S/C68H45BN2O2/c1-6-21-46(22-7-1)66-56-33-16-18-35-58(56)67(59-36-19-17-34-57(59)66)48-24-20-23-47(41-48)49-42-64-68-65(43-49)73-63-45-55(71(52-29-12-4-13-30-52)53-31-14-5-15-32-53)38-40-61(63)69(68)60-39-37-54(44-62(60)72-64)70(50-25-8-2-9-26-50)51-27-10-3-11-28-51/h1-45H. The van der Waals surface area contributed by atoms with Crippen molar-refractivity contribution >= 4 is 78.8 Å². The van der Waals surface area contributed by atoms with Crippen molar-refractivity contribution in [3.8, 4) is 56.4 Å². The van der Waals surface area contributed by atoms with Crippen molar-refractivity contribution in [2.75, 3.05) is 9.80 Å². The zero-order valence-corrected chi connectivity index (χ0v) is 39.8. The highest BCUT2D eigenvalue weighted by molar-refractivity contribution is 6.98. The van der Waals surface area contributed by atoms with E-state index in [2.05, 4.69) is 283 Å². The molecule has 0 aliphatic carbocycles. The first-order valence-electron chi connectivity index (χ1n) is 24.9. The zero-order chi connectivity index (χ0) is 48.2. The Balaban J connectivity index is 0.947. The van der Waals surface area contributed by atoms with Crippen molar-refractivity contribution in [1.82, 2.24) is 0 Å². The summed E-state index contributed by atoms with van der Waals surface area (Å²) in [7, 11) is 0. The second kappa shape index (κ2) is 17.7. The first-order chi connectivity index (χ1) is 36.2. The van der Waals surface area contributed by atoms with E-state index >= 15 is 0 Å². The Hall–Kier alpha value is -9.58. The average Bonchev–Trinajstić information content (AvgIpc) is 3.46. The monoisotopic (exact) mass is 932 g/mol. The van der Waals surface area contributed by atoms with Crippen LogP contribution >= 0.6 is 0 Å². The minimum absolute atomic E-state index is 0.148. The lowest BCUT2D eigenvalue weighted by atomic mass is 9.35. The molecular formula is C68H45BN2O2. The Labute approximate surface area is 425 Å². The van der Waals surface area contributed by atoms with Gasteiger partial charge in [0.15, 0.2) is 0 Å². The number of nitrogens with zero attached hydrogens (tertiary/aromatic N) is 2. The van der Waals surface area contributed by atoms with Gasteiger partial charge >= 0.3 is 0 Å². The second-order valence-corrected chi connectivity index (χ2v) is 18.8. The average molecular weight is 933 g/mol. The normalized spacial score (nSPS) is 12.0. The van der Waals surface area contributed by atoms with Crippen LogP contribution in [0.5, 0.6) is 23.0 Å². The topological polar surface area (TPSA) is 24.9 Å². The molecule has 2 aliphatic heterocycles. The number of anilines is 6. The van der Waals surface area contributed by atoms with Gasteiger partial charge in [0.25, 0.3) is 6.71 Å². The SMILES string of the molecule is c1ccc(-c2c3ccccc3c(-c3cccc(-c4cc5c6c(c4)Oc4cc(N(c7ccccc7)c7ccccc7)ccc4B6c4ccc(N(c6ccccc6)c6ccccc6)cc4O5)c3)c3ccccc23)cc1. The van der Waals surface area contributed by atoms with Crippen LogP contribution in [-0.2, 0) is 0 Å². The number of benzene rings is 12. The number of ether oxygens (including phenoxy) is 2. The molecule has 0 fully saturated rings. The summed E-state index contributed by atoms with van der Waals surface area (Å²) in [6.07, 6.45) is 0. The van der Waals surface area contributed by atoms with Crippen LogP contribution in [0.15, 0.2) is 273 Å². The maximum atomic E-state index is 7.21. The molecule has 0 saturated heterocycles. The van der Waals surface area contributed by atoms with Gasteiger partial charge in [0, 0.05) is 51.7 Å². The van der Waals surface area contributed by atoms with Gasteiger partial charge in [-0.3, -0.25) is 0 Å². The highest BCUT2D eigenvalue weighted by Gasteiger charge is 2.41. The molecule has 0 aromatic heterocycles. The lowest BCUT2D eigenvalue weighted by molar-refractivity contribution is 0.465. The minimum atomic E-state index is -0.148. The van der Waals surface area contributed by atoms with Crippen LogP contribution < -0.4 is 35.7 Å². The van der Waals surface area contributed by atoms with E-state index in [1.165, 1.54) is 38.2 Å². The summed E-state index contributed by atoms with van der Waals surface area (Å²) in [5.74, 6) is 3.19. The predicted molar refractivity (Wildman–Crippen MR) is 305 cm³/mol. The first kappa shape index (κ1) is 42.3. The van der Waals surface area contributed by atoms with Crippen LogP contribution in [0.4, 0.5) is 34.1 Å². The third-order valence-electron chi connectivity index (χ3n) is 14.5. The molecular weight excluding hydrogens is 888 g/mol. The van der Waals surface area contributed by atoms with Gasteiger partial charge < -0.3 is 19.3 Å². The number of rotatable bonds is 9. The number of hydrogen-bond acceptors (Lipinski definition) is 4. The molecule has 0 spiro atoms. The van der Waals surface area contributed by atoms with Gasteiger partial charge in [-0.1, -0.05) is 182 Å².